The maximum absolute atomic E-state index is 14.3. The summed E-state index contributed by atoms with van der Waals surface area (Å²) in [5, 5.41) is 4.01. The van der Waals surface area contributed by atoms with Gasteiger partial charge in [0.15, 0.2) is 0 Å². The average molecular weight is 671 g/mol. The minimum atomic E-state index is -4.21. The number of piperidine rings is 1. The van der Waals surface area contributed by atoms with Crippen molar-refractivity contribution in [2.45, 2.75) is 70.2 Å². The largest absolute Gasteiger partial charge is 0.463 e. The van der Waals surface area contributed by atoms with E-state index in [0.29, 0.717) is 62.4 Å². The minimum absolute atomic E-state index is 0.0730. The van der Waals surface area contributed by atoms with Crippen LogP contribution in [0.4, 0.5) is 10.1 Å². The third-order valence-corrected chi connectivity index (χ3v) is 11.2. The van der Waals surface area contributed by atoms with Gasteiger partial charge in [-0.15, -0.1) is 11.3 Å². The van der Waals surface area contributed by atoms with Crippen LogP contribution < -0.4 is 10.0 Å². The van der Waals surface area contributed by atoms with E-state index >= 15 is 0 Å². The van der Waals surface area contributed by atoms with Crippen molar-refractivity contribution in [2.24, 2.45) is 11.3 Å². The van der Waals surface area contributed by atoms with Crippen LogP contribution in [0.15, 0.2) is 53.4 Å². The van der Waals surface area contributed by atoms with Gasteiger partial charge in [-0.2, -0.15) is 4.72 Å². The molecular weight excluding hydrogens is 628 g/mol. The number of amides is 1. The van der Waals surface area contributed by atoms with E-state index in [1.807, 2.05) is 30.3 Å². The number of thiazole rings is 1. The van der Waals surface area contributed by atoms with E-state index in [1.165, 1.54) is 17.4 Å². The van der Waals surface area contributed by atoms with Crippen molar-refractivity contribution in [3.05, 3.63) is 64.7 Å². The lowest BCUT2D eigenvalue weighted by atomic mass is 9.81. The standard InChI is InChI=1S/C34H43FN4O5S2/c1-4-44-31(40)11-7-8-24-18-25-21-34(2,3)22-36-32(25)29(19-24)46(42,43)38-27(20-30-37-26-9-5-6-10-28(26)45-30)33(41)39-16-13-23(12-15-35)14-17-39/h5-7,9-11,18-19,23,27,36,38H,4,8,12-17,20-22H2,1-3H3/t27-/m0/s1. The van der Waals surface area contributed by atoms with E-state index in [1.54, 1.807) is 24.0 Å². The first-order chi connectivity index (χ1) is 22.0. The normalized spacial score (nSPS) is 17.5. The number of benzene rings is 2. The number of halogens is 1. The summed E-state index contributed by atoms with van der Waals surface area (Å²) >= 11 is 1.44. The molecule has 2 N–H and O–H groups in total. The summed E-state index contributed by atoms with van der Waals surface area (Å²) in [5.74, 6) is -0.545. The van der Waals surface area contributed by atoms with Crippen molar-refractivity contribution in [3.8, 4) is 0 Å². The summed E-state index contributed by atoms with van der Waals surface area (Å²) in [6, 6.07) is 10.2. The molecule has 0 radical (unpaired) electrons. The molecule has 248 valence electrons. The number of hydrogen-bond donors (Lipinski definition) is 2. The zero-order valence-electron chi connectivity index (χ0n) is 26.7. The zero-order chi connectivity index (χ0) is 32.9. The molecule has 0 aliphatic carbocycles. The lowest BCUT2D eigenvalue weighted by molar-refractivity contribution is -0.137. The number of aromatic nitrogens is 1. The Balaban J connectivity index is 1.47. The smallest absolute Gasteiger partial charge is 0.330 e. The first-order valence-electron chi connectivity index (χ1n) is 15.9. The number of anilines is 1. The minimum Gasteiger partial charge on any atom is -0.463 e. The molecule has 1 fully saturated rings. The van der Waals surface area contributed by atoms with Gasteiger partial charge >= 0.3 is 5.97 Å². The number of likely N-dealkylation sites (tertiary alicyclic amines) is 1. The van der Waals surface area contributed by atoms with Crippen molar-refractivity contribution in [1.29, 1.82) is 0 Å². The Hall–Kier alpha value is -3.35. The van der Waals surface area contributed by atoms with Gasteiger partial charge in [0.2, 0.25) is 15.9 Å². The molecule has 0 unspecified atom stereocenters. The van der Waals surface area contributed by atoms with Gasteiger partial charge in [0.25, 0.3) is 0 Å². The molecule has 3 aromatic rings. The van der Waals surface area contributed by atoms with Crippen LogP contribution in [-0.2, 0) is 43.6 Å². The van der Waals surface area contributed by atoms with Crippen LogP contribution in [0.25, 0.3) is 10.2 Å². The number of carbonyl (C=O) groups is 2. The van der Waals surface area contributed by atoms with Gasteiger partial charge in [-0.05, 0) is 79.7 Å². The topological polar surface area (TPSA) is 118 Å². The van der Waals surface area contributed by atoms with Crippen molar-refractivity contribution in [3.63, 3.8) is 0 Å². The Labute approximate surface area is 274 Å². The number of carbonyl (C=O) groups excluding carboxylic acids is 2. The highest BCUT2D eigenvalue weighted by atomic mass is 32.2. The zero-order valence-corrected chi connectivity index (χ0v) is 28.3. The average Bonchev–Trinajstić information content (AvgIpc) is 3.42. The molecule has 2 aliphatic rings. The molecule has 2 aliphatic heterocycles. The number of allylic oxidation sites excluding steroid dienone is 1. The Kier molecular flexibility index (Phi) is 10.8. The molecule has 1 aromatic heterocycles. The quantitative estimate of drug-likeness (QED) is 0.195. The predicted octanol–water partition coefficient (Wildman–Crippen LogP) is 5.44. The number of ether oxygens (including phenoxy) is 1. The van der Waals surface area contributed by atoms with E-state index in [0.717, 1.165) is 21.3 Å². The maximum atomic E-state index is 14.3. The summed E-state index contributed by atoms with van der Waals surface area (Å²) in [7, 11) is -4.21. The first kappa shape index (κ1) is 34.0. The lowest BCUT2D eigenvalue weighted by Crippen LogP contribution is -2.51. The second-order valence-corrected chi connectivity index (χ2v) is 15.7. The highest BCUT2D eigenvalue weighted by Crippen LogP contribution is 2.38. The highest BCUT2D eigenvalue weighted by Gasteiger charge is 2.35. The number of nitrogens with zero attached hydrogens (tertiary/aromatic N) is 2. The second-order valence-electron chi connectivity index (χ2n) is 12.9. The van der Waals surface area contributed by atoms with E-state index in [9.17, 15) is 22.4 Å². The second kappa shape index (κ2) is 14.6. The van der Waals surface area contributed by atoms with Crippen molar-refractivity contribution >= 4 is 49.1 Å². The van der Waals surface area contributed by atoms with Gasteiger partial charge in [0.1, 0.15) is 10.9 Å². The van der Waals surface area contributed by atoms with Crippen LogP contribution in [0.1, 0.15) is 56.2 Å². The molecule has 2 aromatic carbocycles. The van der Waals surface area contributed by atoms with Crippen molar-refractivity contribution < 1.29 is 27.1 Å². The summed E-state index contributed by atoms with van der Waals surface area (Å²) < 4.78 is 50.3. The third-order valence-electron chi connectivity index (χ3n) is 8.60. The van der Waals surface area contributed by atoms with Crippen LogP contribution in [0.2, 0.25) is 0 Å². The number of esters is 1. The molecule has 5 rings (SSSR count). The molecule has 3 heterocycles. The number of hydrogen-bond acceptors (Lipinski definition) is 8. The SMILES string of the molecule is CCOC(=O)C=CCc1cc2c(c(S(=O)(=O)N[C@@H](Cc3nc4ccccc4s3)C(=O)N3CCC(CCF)CC3)c1)NCC(C)(C)C2. The number of rotatable bonds is 12. The van der Waals surface area contributed by atoms with Crippen LogP contribution in [-0.4, -0.2) is 69.1 Å². The van der Waals surface area contributed by atoms with Gasteiger partial charge in [-0.1, -0.05) is 38.1 Å². The fourth-order valence-corrected chi connectivity index (χ4v) is 8.70. The van der Waals surface area contributed by atoms with Crippen LogP contribution in [0.3, 0.4) is 0 Å². The number of para-hydroxylation sites is 1. The van der Waals surface area contributed by atoms with Gasteiger partial charge in [0.05, 0.1) is 34.2 Å². The van der Waals surface area contributed by atoms with E-state index < -0.39 is 22.0 Å². The Morgan fingerprint density at radius 2 is 2.00 bits per heavy atom. The van der Waals surface area contributed by atoms with Gasteiger partial charge in [-0.25, -0.2) is 18.2 Å². The molecule has 1 atom stereocenters. The van der Waals surface area contributed by atoms with Crippen LogP contribution in [0.5, 0.6) is 0 Å². The van der Waals surface area contributed by atoms with E-state index in [-0.39, 0.29) is 41.8 Å². The van der Waals surface area contributed by atoms with Gasteiger partial charge < -0.3 is 15.0 Å². The molecule has 0 bridgehead atoms. The van der Waals surface area contributed by atoms with Crippen LogP contribution >= 0.6 is 11.3 Å². The fourth-order valence-electron chi connectivity index (χ4n) is 6.22. The Morgan fingerprint density at radius 3 is 2.72 bits per heavy atom. The lowest BCUT2D eigenvalue weighted by Gasteiger charge is -2.35. The molecule has 1 amide bonds. The summed E-state index contributed by atoms with van der Waals surface area (Å²) in [5.41, 5.74) is 2.82. The summed E-state index contributed by atoms with van der Waals surface area (Å²) in [6.07, 6.45) is 5.95. The van der Waals surface area contributed by atoms with Crippen molar-refractivity contribution in [2.75, 3.05) is 38.2 Å². The molecule has 46 heavy (non-hydrogen) atoms. The van der Waals surface area contributed by atoms with E-state index in [2.05, 4.69) is 23.9 Å². The Bertz CT molecular complexity index is 1660. The summed E-state index contributed by atoms with van der Waals surface area (Å²) in [4.78, 5) is 32.4. The monoisotopic (exact) mass is 670 g/mol. The molecular formula is C34H43FN4O5S2. The fraction of sp³-hybridized carbons (Fsp3) is 0.500. The number of nitrogens with one attached hydrogen (secondary N) is 2. The number of sulfonamides is 1. The molecule has 12 heteroatoms. The molecule has 9 nitrogen and oxygen atoms in total. The maximum Gasteiger partial charge on any atom is 0.330 e. The number of fused-ring (bicyclic) bond motifs is 2. The summed E-state index contributed by atoms with van der Waals surface area (Å²) in [6.45, 7) is 7.35. The Morgan fingerprint density at radius 1 is 1.24 bits per heavy atom. The predicted molar refractivity (Wildman–Crippen MR) is 179 cm³/mol. The van der Waals surface area contributed by atoms with E-state index in [4.69, 9.17) is 9.72 Å². The number of alkyl halides is 1. The molecule has 1 saturated heterocycles. The van der Waals surface area contributed by atoms with Gasteiger partial charge in [0, 0.05) is 32.1 Å². The van der Waals surface area contributed by atoms with Crippen LogP contribution in [0, 0.1) is 11.3 Å². The molecule has 0 spiro atoms. The first-order valence-corrected chi connectivity index (χ1v) is 18.2. The van der Waals surface area contributed by atoms with Gasteiger partial charge in [-0.3, -0.25) is 9.18 Å². The van der Waals surface area contributed by atoms with Crippen molar-refractivity contribution in [1.82, 2.24) is 14.6 Å². The highest BCUT2D eigenvalue weighted by molar-refractivity contribution is 7.89. The molecule has 0 saturated carbocycles. The third kappa shape index (κ3) is 8.32.